The molecule has 1 nitrogen and oxygen atoms in total. The van der Waals surface area contributed by atoms with Gasteiger partial charge in [0.05, 0.1) is 0 Å². The maximum atomic E-state index is 6.58. The summed E-state index contributed by atoms with van der Waals surface area (Å²) < 4.78 is 6.58. The van der Waals surface area contributed by atoms with Gasteiger partial charge >= 0.3 is 0 Å². The third-order valence-electron chi connectivity index (χ3n) is 4.10. The number of rotatable bonds is 4. The summed E-state index contributed by atoms with van der Waals surface area (Å²) in [5.41, 5.74) is 0. The van der Waals surface area contributed by atoms with Crippen LogP contribution in [-0.2, 0) is 4.43 Å². The first-order valence-electron chi connectivity index (χ1n) is 7.08. The Hall–Kier alpha value is -1.38. The van der Waals surface area contributed by atoms with Crippen molar-refractivity contribution in [2.24, 2.45) is 0 Å². The summed E-state index contributed by atoms with van der Waals surface area (Å²) >= 11 is 0. The topological polar surface area (TPSA) is 9.23 Å². The van der Waals surface area contributed by atoms with E-state index in [4.69, 9.17) is 4.43 Å². The van der Waals surface area contributed by atoms with Crippen LogP contribution in [0.5, 0.6) is 0 Å². The molecule has 1 aliphatic carbocycles. The lowest BCUT2D eigenvalue weighted by Crippen LogP contribution is -2.60. The fourth-order valence-corrected chi connectivity index (χ4v) is 5.80. The van der Waals surface area contributed by atoms with Gasteiger partial charge in [0, 0.05) is 6.10 Å². The Labute approximate surface area is 116 Å². The highest BCUT2D eigenvalue weighted by Gasteiger charge is 2.37. The Morgan fingerprint density at radius 3 is 1.68 bits per heavy atom. The fraction of sp³-hybridized carbons (Fsp3) is 0.294. The van der Waals surface area contributed by atoms with Gasteiger partial charge in [0.1, 0.15) is 0 Å². The van der Waals surface area contributed by atoms with Gasteiger partial charge in [-0.3, -0.25) is 0 Å². The number of hydrogen-bond donors (Lipinski definition) is 0. The van der Waals surface area contributed by atoms with Crippen LogP contribution in [0.15, 0.2) is 60.7 Å². The second kappa shape index (κ2) is 5.31. The predicted octanol–water partition coefficient (Wildman–Crippen LogP) is 2.95. The molecule has 0 unspecified atom stereocenters. The van der Waals surface area contributed by atoms with Crippen molar-refractivity contribution in [3.8, 4) is 0 Å². The van der Waals surface area contributed by atoms with E-state index in [1.165, 1.54) is 29.6 Å². The van der Waals surface area contributed by atoms with Crippen molar-refractivity contribution < 1.29 is 4.43 Å². The molecule has 0 bridgehead atoms. The molecule has 0 saturated heterocycles. The summed E-state index contributed by atoms with van der Waals surface area (Å²) in [5, 5.41) is 2.74. The van der Waals surface area contributed by atoms with Crippen molar-refractivity contribution in [3.63, 3.8) is 0 Å². The fourth-order valence-electron chi connectivity index (χ4n) is 2.64. The molecular weight excluding hydrogens is 248 g/mol. The van der Waals surface area contributed by atoms with Crippen LogP contribution in [0.3, 0.4) is 0 Å². The summed E-state index contributed by atoms with van der Waals surface area (Å²) in [4.78, 5) is 0. The number of benzene rings is 2. The lowest BCUT2D eigenvalue weighted by Gasteiger charge is -2.37. The molecule has 19 heavy (non-hydrogen) atoms. The SMILES string of the molecule is C[Si](OC1CCC1)(c1ccccc1)c1ccccc1. The third-order valence-corrected chi connectivity index (χ3v) is 7.78. The first-order chi connectivity index (χ1) is 9.29. The second-order valence-corrected chi connectivity index (χ2v) is 8.89. The Bertz CT molecular complexity index is 480. The van der Waals surface area contributed by atoms with Gasteiger partial charge in [0.15, 0.2) is 0 Å². The molecule has 1 aliphatic rings. The highest BCUT2D eigenvalue weighted by Crippen LogP contribution is 2.25. The molecule has 1 fully saturated rings. The van der Waals surface area contributed by atoms with Gasteiger partial charge in [-0.15, -0.1) is 0 Å². The van der Waals surface area contributed by atoms with E-state index in [9.17, 15) is 0 Å². The van der Waals surface area contributed by atoms with Crippen LogP contribution in [-0.4, -0.2) is 14.4 Å². The molecule has 0 N–H and O–H groups in total. The van der Waals surface area contributed by atoms with E-state index >= 15 is 0 Å². The van der Waals surface area contributed by atoms with Crippen molar-refractivity contribution in [2.75, 3.05) is 0 Å². The van der Waals surface area contributed by atoms with Crippen LogP contribution < -0.4 is 10.4 Å². The summed E-state index contributed by atoms with van der Waals surface area (Å²) in [6.45, 7) is 2.33. The van der Waals surface area contributed by atoms with Crippen molar-refractivity contribution in [1.29, 1.82) is 0 Å². The molecule has 1 saturated carbocycles. The zero-order valence-electron chi connectivity index (χ0n) is 11.4. The molecular formula is C17H20OSi. The quantitative estimate of drug-likeness (QED) is 0.775. The van der Waals surface area contributed by atoms with Crippen molar-refractivity contribution >= 4 is 18.7 Å². The Balaban J connectivity index is 1.99. The van der Waals surface area contributed by atoms with E-state index in [2.05, 4.69) is 67.2 Å². The van der Waals surface area contributed by atoms with E-state index < -0.39 is 8.32 Å². The molecule has 0 aromatic heterocycles. The Kier molecular flexibility index (Phi) is 3.54. The van der Waals surface area contributed by atoms with E-state index in [0.717, 1.165) is 0 Å². The average molecular weight is 268 g/mol. The van der Waals surface area contributed by atoms with Gasteiger partial charge in [0.2, 0.25) is 0 Å². The first kappa shape index (κ1) is 12.6. The normalized spacial score (nSPS) is 16.1. The molecule has 0 aliphatic heterocycles. The molecule has 0 amide bonds. The van der Waals surface area contributed by atoms with Crippen LogP contribution in [0.4, 0.5) is 0 Å². The van der Waals surface area contributed by atoms with Crippen molar-refractivity contribution in [3.05, 3.63) is 60.7 Å². The van der Waals surface area contributed by atoms with Crippen molar-refractivity contribution in [1.82, 2.24) is 0 Å². The highest BCUT2D eigenvalue weighted by atomic mass is 28.4. The lowest BCUT2D eigenvalue weighted by atomic mass is 9.97. The summed E-state index contributed by atoms with van der Waals surface area (Å²) in [6.07, 6.45) is 4.24. The number of hydrogen-bond acceptors (Lipinski definition) is 1. The molecule has 0 atom stereocenters. The minimum absolute atomic E-state index is 0.470. The predicted molar refractivity (Wildman–Crippen MR) is 82.5 cm³/mol. The second-order valence-electron chi connectivity index (χ2n) is 5.44. The van der Waals surface area contributed by atoms with Gasteiger partial charge in [-0.25, -0.2) is 0 Å². The zero-order chi connectivity index (χ0) is 13.1. The maximum Gasteiger partial charge on any atom is 0.253 e. The lowest BCUT2D eigenvalue weighted by molar-refractivity contribution is 0.117. The van der Waals surface area contributed by atoms with Crippen LogP contribution in [0.25, 0.3) is 0 Å². The van der Waals surface area contributed by atoms with E-state index in [1.807, 2.05) is 0 Å². The minimum Gasteiger partial charge on any atom is -0.405 e. The van der Waals surface area contributed by atoms with E-state index in [-0.39, 0.29) is 0 Å². The maximum absolute atomic E-state index is 6.58. The Morgan fingerprint density at radius 2 is 1.32 bits per heavy atom. The van der Waals surface area contributed by atoms with Crippen LogP contribution in [0.1, 0.15) is 19.3 Å². The largest absolute Gasteiger partial charge is 0.405 e. The minimum atomic E-state index is -2.03. The van der Waals surface area contributed by atoms with Crippen LogP contribution >= 0.6 is 0 Å². The standard InChI is InChI=1S/C17H20OSi/c1-19(18-15-9-8-10-15,16-11-4-2-5-12-16)17-13-6-3-7-14-17/h2-7,11-15H,8-10H2,1H3. The molecule has 98 valence electrons. The van der Waals surface area contributed by atoms with Crippen molar-refractivity contribution in [2.45, 2.75) is 31.9 Å². The van der Waals surface area contributed by atoms with Crippen LogP contribution in [0.2, 0.25) is 6.55 Å². The Morgan fingerprint density at radius 1 is 0.842 bits per heavy atom. The first-order valence-corrected chi connectivity index (χ1v) is 9.49. The zero-order valence-corrected chi connectivity index (χ0v) is 12.4. The smallest absolute Gasteiger partial charge is 0.253 e. The molecule has 2 aromatic rings. The van der Waals surface area contributed by atoms with Crippen LogP contribution in [0, 0.1) is 0 Å². The van der Waals surface area contributed by atoms with Gasteiger partial charge in [0.25, 0.3) is 8.32 Å². The average Bonchev–Trinajstić information content (AvgIpc) is 2.45. The van der Waals surface area contributed by atoms with Gasteiger partial charge < -0.3 is 4.43 Å². The third kappa shape index (κ3) is 2.51. The molecule has 2 heteroatoms. The van der Waals surface area contributed by atoms with Gasteiger partial charge in [-0.1, -0.05) is 60.7 Å². The summed E-state index contributed by atoms with van der Waals surface area (Å²) in [5.74, 6) is 0. The molecule has 0 radical (unpaired) electrons. The molecule has 2 aromatic carbocycles. The summed E-state index contributed by atoms with van der Waals surface area (Å²) in [7, 11) is -2.03. The van der Waals surface area contributed by atoms with E-state index in [0.29, 0.717) is 6.10 Å². The molecule has 3 rings (SSSR count). The summed E-state index contributed by atoms with van der Waals surface area (Å²) in [6, 6.07) is 21.5. The highest BCUT2D eigenvalue weighted by molar-refractivity contribution is 6.96. The van der Waals surface area contributed by atoms with Gasteiger partial charge in [-0.05, 0) is 36.2 Å². The molecule has 0 spiro atoms. The monoisotopic (exact) mass is 268 g/mol. The van der Waals surface area contributed by atoms with E-state index in [1.54, 1.807) is 0 Å². The molecule has 0 heterocycles. The van der Waals surface area contributed by atoms with Gasteiger partial charge in [-0.2, -0.15) is 0 Å².